The van der Waals surface area contributed by atoms with Gasteiger partial charge in [0, 0.05) is 19.3 Å². The van der Waals surface area contributed by atoms with E-state index in [4.69, 9.17) is 4.74 Å². The van der Waals surface area contributed by atoms with Crippen molar-refractivity contribution in [3.63, 3.8) is 0 Å². The summed E-state index contributed by atoms with van der Waals surface area (Å²) < 4.78 is 5.16. The maximum absolute atomic E-state index is 12.8. The average molecular weight is 296 g/mol. The standard InChI is InChI=1S/C18H20N2O2/c1-13-7-9-14(10-8-13)17-19-16-6-4-3-5-15(16)18(21)20(17)11-12-22-2/h3-10,17,19H,11-12H2,1-2H3/t17-/m0/s1. The Morgan fingerprint density at radius 2 is 1.86 bits per heavy atom. The van der Waals surface area contributed by atoms with Crippen LogP contribution in [0.1, 0.15) is 27.7 Å². The van der Waals surface area contributed by atoms with Gasteiger partial charge in [-0.1, -0.05) is 42.0 Å². The van der Waals surface area contributed by atoms with Crippen LogP contribution in [0.25, 0.3) is 0 Å². The number of fused-ring (bicyclic) bond motifs is 1. The number of aryl methyl sites for hydroxylation is 1. The summed E-state index contributed by atoms with van der Waals surface area (Å²) in [5.74, 6) is 0.0389. The van der Waals surface area contributed by atoms with E-state index in [-0.39, 0.29) is 12.1 Å². The number of nitrogens with zero attached hydrogens (tertiary/aromatic N) is 1. The third kappa shape index (κ3) is 2.70. The zero-order chi connectivity index (χ0) is 15.5. The monoisotopic (exact) mass is 296 g/mol. The molecule has 1 amide bonds. The van der Waals surface area contributed by atoms with Gasteiger partial charge in [0.05, 0.1) is 12.2 Å². The number of rotatable bonds is 4. The summed E-state index contributed by atoms with van der Waals surface area (Å²) in [6.45, 7) is 3.12. The lowest BCUT2D eigenvalue weighted by atomic mass is 10.0. The summed E-state index contributed by atoms with van der Waals surface area (Å²) in [4.78, 5) is 14.6. The maximum atomic E-state index is 12.8. The largest absolute Gasteiger partial charge is 0.383 e. The van der Waals surface area contributed by atoms with E-state index in [9.17, 15) is 4.79 Å². The van der Waals surface area contributed by atoms with E-state index in [0.717, 1.165) is 11.3 Å². The molecular weight excluding hydrogens is 276 g/mol. The molecule has 0 bridgehead atoms. The van der Waals surface area contributed by atoms with Crippen molar-refractivity contribution in [2.45, 2.75) is 13.1 Å². The molecule has 1 aliphatic heterocycles. The van der Waals surface area contributed by atoms with Crippen molar-refractivity contribution in [1.29, 1.82) is 0 Å². The average Bonchev–Trinajstić information content (AvgIpc) is 2.55. The summed E-state index contributed by atoms with van der Waals surface area (Å²) in [5.41, 5.74) is 3.87. The number of hydrogen-bond acceptors (Lipinski definition) is 3. The number of carbonyl (C=O) groups excluding carboxylic acids is 1. The van der Waals surface area contributed by atoms with Gasteiger partial charge in [-0.05, 0) is 24.6 Å². The third-order valence-corrected chi connectivity index (χ3v) is 3.95. The van der Waals surface area contributed by atoms with Crippen LogP contribution in [0.2, 0.25) is 0 Å². The zero-order valence-electron chi connectivity index (χ0n) is 12.9. The molecular formula is C18H20N2O2. The molecule has 0 aliphatic carbocycles. The molecule has 0 unspecified atom stereocenters. The van der Waals surface area contributed by atoms with Crippen molar-refractivity contribution in [3.8, 4) is 0 Å². The first-order valence-electron chi connectivity index (χ1n) is 7.43. The first-order valence-corrected chi connectivity index (χ1v) is 7.43. The van der Waals surface area contributed by atoms with Crippen LogP contribution >= 0.6 is 0 Å². The zero-order valence-corrected chi connectivity index (χ0v) is 12.9. The first kappa shape index (κ1) is 14.6. The Hall–Kier alpha value is -2.33. The van der Waals surface area contributed by atoms with Gasteiger partial charge in [0.25, 0.3) is 5.91 Å². The molecule has 1 aliphatic rings. The van der Waals surface area contributed by atoms with Gasteiger partial charge in [0.2, 0.25) is 0 Å². The lowest BCUT2D eigenvalue weighted by molar-refractivity contribution is 0.0609. The smallest absolute Gasteiger partial charge is 0.257 e. The van der Waals surface area contributed by atoms with Gasteiger partial charge in [0.1, 0.15) is 6.17 Å². The van der Waals surface area contributed by atoms with Crippen LogP contribution in [0, 0.1) is 6.92 Å². The Labute approximate surface area is 130 Å². The van der Waals surface area contributed by atoms with E-state index in [2.05, 4.69) is 36.5 Å². The van der Waals surface area contributed by atoms with Crippen LogP contribution < -0.4 is 5.32 Å². The van der Waals surface area contributed by atoms with Crippen molar-refractivity contribution in [2.75, 3.05) is 25.6 Å². The van der Waals surface area contributed by atoms with Crippen molar-refractivity contribution in [2.24, 2.45) is 0 Å². The number of methoxy groups -OCH3 is 1. The number of hydrogen-bond donors (Lipinski definition) is 1. The molecule has 1 atom stereocenters. The molecule has 2 aromatic rings. The van der Waals surface area contributed by atoms with Crippen LogP contribution in [0.4, 0.5) is 5.69 Å². The van der Waals surface area contributed by atoms with Gasteiger partial charge in [-0.25, -0.2) is 0 Å². The maximum Gasteiger partial charge on any atom is 0.257 e. The van der Waals surface area contributed by atoms with Gasteiger partial charge < -0.3 is 15.0 Å². The van der Waals surface area contributed by atoms with E-state index in [1.807, 2.05) is 29.2 Å². The van der Waals surface area contributed by atoms with E-state index in [1.165, 1.54) is 5.56 Å². The molecule has 2 aromatic carbocycles. The van der Waals surface area contributed by atoms with Gasteiger partial charge >= 0.3 is 0 Å². The van der Waals surface area contributed by atoms with Gasteiger partial charge in [-0.2, -0.15) is 0 Å². The highest BCUT2D eigenvalue weighted by Crippen LogP contribution is 2.32. The molecule has 3 rings (SSSR count). The Morgan fingerprint density at radius 1 is 1.14 bits per heavy atom. The highest BCUT2D eigenvalue weighted by molar-refractivity contribution is 6.01. The second-order valence-corrected chi connectivity index (χ2v) is 5.49. The molecule has 0 saturated heterocycles. The van der Waals surface area contributed by atoms with E-state index >= 15 is 0 Å². The third-order valence-electron chi connectivity index (χ3n) is 3.95. The Bertz CT molecular complexity index is 667. The summed E-state index contributed by atoms with van der Waals surface area (Å²) >= 11 is 0. The van der Waals surface area contributed by atoms with Crippen molar-refractivity contribution in [3.05, 3.63) is 65.2 Å². The van der Waals surface area contributed by atoms with E-state index in [0.29, 0.717) is 18.7 Å². The van der Waals surface area contributed by atoms with Crippen LogP contribution in [-0.2, 0) is 4.74 Å². The molecule has 22 heavy (non-hydrogen) atoms. The first-order chi connectivity index (χ1) is 10.7. The number of ether oxygens (including phenoxy) is 1. The highest BCUT2D eigenvalue weighted by atomic mass is 16.5. The van der Waals surface area contributed by atoms with Crippen molar-refractivity contribution >= 4 is 11.6 Å². The van der Waals surface area contributed by atoms with E-state index < -0.39 is 0 Å². The minimum Gasteiger partial charge on any atom is -0.383 e. The highest BCUT2D eigenvalue weighted by Gasteiger charge is 2.32. The van der Waals surface area contributed by atoms with Gasteiger partial charge in [-0.15, -0.1) is 0 Å². The summed E-state index contributed by atoms with van der Waals surface area (Å²) in [6, 6.07) is 15.9. The van der Waals surface area contributed by atoms with Gasteiger partial charge in [0.15, 0.2) is 0 Å². The molecule has 0 aromatic heterocycles. The number of amides is 1. The van der Waals surface area contributed by atoms with Crippen LogP contribution in [0.5, 0.6) is 0 Å². The molecule has 1 heterocycles. The second kappa shape index (κ2) is 6.20. The van der Waals surface area contributed by atoms with Crippen molar-refractivity contribution < 1.29 is 9.53 Å². The number of nitrogens with one attached hydrogen (secondary N) is 1. The molecule has 4 nitrogen and oxygen atoms in total. The predicted octanol–water partition coefficient (Wildman–Crippen LogP) is 3.21. The number of para-hydroxylation sites is 1. The molecule has 0 fully saturated rings. The SMILES string of the molecule is COCCN1C(=O)c2ccccc2N[C@@H]1c1ccc(C)cc1. The predicted molar refractivity (Wildman–Crippen MR) is 86.9 cm³/mol. The van der Waals surface area contributed by atoms with Crippen LogP contribution in [0.15, 0.2) is 48.5 Å². The normalized spacial score (nSPS) is 17.1. The van der Waals surface area contributed by atoms with Crippen LogP contribution in [-0.4, -0.2) is 31.1 Å². The fourth-order valence-corrected chi connectivity index (χ4v) is 2.72. The Morgan fingerprint density at radius 3 is 2.59 bits per heavy atom. The lowest BCUT2D eigenvalue weighted by Crippen LogP contribution is -2.44. The second-order valence-electron chi connectivity index (χ2n) is 5.49. The molecule has 4 heteroatoms. The number of anilines is 1. The summed E-state index contributed by atoms with van der Waals surface area (Å²) in [6.07, 6.45) is -0.168. The lowest BCUT2D eigenvalue weighted by Gasteiger charge is -2.38. The fourth-order valence-electron chi connectivity index (χ4n) is 2.72. The van der Waals surface area contributed by atoms with Crippen molar-refractivity contribution in [1.82, 2.24) is 4.90 Å². The topological polar surface area (TPSA) is 41.6 Å². The summed E-state index contributed by atoms with van der Waals surface area (Å²) in [7, 11) is 1.65. The molecule has 0 saturated carbocycles. The number of carbonyl (C=O) groups is 1. The number of benzene rings is 2. The molecule has 1 N–H and O–H groups in total. The Kier molecular flexibility index (Phi) is 4.11. The van der Waals surface area contributed by atoms with Crippen LogP contribution in [0.3, 0.4) is 0 Å². The minimum absolute atomic E-state index is 0.0389. The fraction of sp³-hybridized carbons (Fsp3) is 0.278. The molecule has 0 spiro atoms. The molecule has 0 radical (unpaired) electrons. The molecule has 114 valence electrons. The summed E-state index contributed by atoms with van der Waals surface area (Å²) in [5, 5.41) is 3.47. The van der Waals surface area contributed by atoms with Gasteiger partial charge in [-0.3, -0.25) is 4.79 Å². The quantitative estimate of drug-likeness (QED) is 0.942. The van der Waals surface area contributed by atoms with E-state index in [1.54, 1.807) is 7.11 Å². The Balaban J connectivity index is 1.99. The minimum atomic E-state index is -0.168.